The molecule has 1 N–H and O–H groups in total. The van der Waals surface area contributed by atoms with Crippen LogP contribution in [0.5, 0.6) is 11.5 Å². The number of hydrogen-bond acceptors (Lipinski definition) is 4. The number of methoxy groups -OCH3 is 1. The summed E-state index contributed by atoms with van der Waals surface area (Å²) in [5.41, 5.74) is 2.20. The lowest BCUT2D eigenvalue weighted by Gasteiger charge is -2.31. The average Bonchev–Trinajstić information content (AvgIpc) is 2.77. The molecule has 0 saturated carbocycles. The van der Waals surface area contributed by atoms with E-state index in [1.165, 1.54) is 10.5 Å². The fraction of sp³-hybridized carbons (Fsp3) is 0.391. The second-order valence-electron chi connectivity index (χ2n) is 7.20. The maximum absolute atomic E-state index is 12.6. The number of nitrogens with zero attached hydrogens (tertiary/aromatic N) is 2. The van der Waals surface area contributed by atoms with Gasteiger partial charge in [0.15, 0.2) is 11.5 Å². The van der Waals surface area contributed by atoms with Crippen molar-refractivity contribution >= 4 is 12.0 Å². The first-order chi connectivity index (χ1) is 14.2. The second kappa shape index (κ2) is 10.6. The van der Waals surface area contributed by atoms with Crippen molar-refractivity contribution in [2.24, 2.45) is 0 Å². The lowest BCUT2D eigenvalue weighted by molar-refractivity contribution is -0.917. The van der Waals surface area contributed by atoms with Gasteiger partial charge in [0.05, 0.1) is 39.9 Å². The van der Waals surface area contributed by atoms with Crippen LogP contribution in [-0.2, 0) is 11.3 Å². The fourth-order valence-electron chi connectivity index (χ4n) is 3.40. The van der Waals surface area contributed by atoms with E-state index in [1.54, 1.807) is 13.2 Å². The van der Waals surface area contributed by atoms with Gasteiger partial charge in [-0.05, 0) is 42.3 Å². The van der Waals surface area contributed by atoms with Gasteiger partial charge in [-0.3, -0.25) is 9.78 Å². The molecular weight excluding hydrogens is 366 g/mol. The number of carbonyl (C=O) groups excluding carboxylic acids is 1. The third-order valence-corrected chi connectivity index (χ3v) is 5.05. The maximum atomic E-state index is 12.6. The SMILES string of the molecule is CCCOc1ccc(/C=C/C(=O)N2CC[NH+](Cc3ccncc3)CC2)cc1OC. The predicted molar refractivity (Wildman–Crippen MR) is 113 cm³/mol. The number of ether oxygens (including phenoxy) is 2. The first kappa shape index (κ1) is 20.9. The Hall–Kier alpha value is -2.86. The molecule has 0 bridgehead atoms. The van der Waals surface area contributed by atoms with Gasteiger partial charge in [-0.25, -0.2) is 0 Å². The van der Waals surface area contributed by atoms with E-state index in [9.17, 15) is 4.79 Å². The first-order valence-corrected chi connectivity index (χ1v) is 10.2. The normalized spacial score (nSPS) is 14.9. The quantitative estimate of drug-likeness (QED) is 0.692. The van der Waals surface area contributed by atoms with Gasteiger partial charge in [0.1, 0.15) is 6.54 Å². The van der Waals surface area contributed by atoms with Crippen LogP contribution in [0.2, 0.25) is 0 Å². The topological polar surface area (TPSA) is 56.1 Å². The van der Waals surface area contributed by atoms with Crippen molar-refractivity contribution in [2.45, 2.75) is 19.9 Å². The van der Waals surface area contributed by atoms with Crippen LogP contribution in [0, 0.1) is 0 Å². The van der Waals surface area contributed by atoms with Crippen molar-refractivity contribution in [3.8, 4) is 11.5 Å². The van der Waals surface area contributed by atoms with Gasteiger partial charge in [0.25, 0.3) is 0 Å². The molecule has 1 fully saturated rings. The Morgan fingerprint density at radius 2 is 1.93 bits per heavy atom. The fourth-order valence-corrected chi connectivity index (χ4v) is 3.40. The number of nitrogens with one attached hydrogen (secondary N) is 1. The second-order valence-corrected chi connectivity index (χ2v) is 7.20. The van der Waals surface area contributed by atoms with Crippen molar-refractivity contribution in [3.63, 3.8) is 0 Å². The Balaban J connectivity index is 1.52. The molecule has 6 heteroatoms. The number of amides is 1. The summed E-state index contributed by atoms with van der Waals surface area (Å²) in [7, 11) is 1.63. The van der Waals surface area contributed by atoms with Crippen molar-refractivity contribution in [2.75, 3.05) is 39.9 Å². The van der Waals surface area contributed by atoms with Gasteiger partial charge in [0, 0.05) is 24.0 Å². The summed E-state index contributed by atoms with van der Waals surface area (Å²) in [5.74, 6) is 1.46. The van der Waals surface area contributed by atoms with Crippen LogP contribution in [-0.4, -0.2) is 55.7 Å². The van der Waals surface area contributed by atoms with E-state index in [1.807, 2.05) is 41.6 Å². The van der Waals surface area contributed by atoms with E-state index in [0.717, 1.165) is 50.5 Å². The molecule has 1 aliphatic rings. The number of pyridine rings is 1. The predicted octanol–water partition coefficient (Wildman–Crippen LogP) is 1.82. The molecule has 1 saturated heterocycles. The van der Waals surface area contributed by atoms with Crippen LogP contribution in [0.1, 0.15) is 24.5 Å². The minimum absolute atomic E-state index is 0.0539. The van der Waals surface area contributed by atoms with Crippen molar-refractivity contribution in [1.82, 2.24) is 9.88 Å². The third kappa shape index (κ3) is 6.06. The van der Waals surface area contributed by atoms with Crippen LogP contribution in [0.25, 0.3) is 6.08 Å². The number of aromatic nitrogens is 1. The number of rotatable bonds is 8. The summed E-state index contributed by atoms with van der Waals surface area (Å²) in [6.07, 6.45) is 8.09. The number of benzene rings is 1. The summed E-state index contributed by atoms with van der Waals surface area (Å²) in [5, 5.41) is 0. The summed E-state index contributed by atoms with van der Waals surface area (Å²) in [4.78, 5) is 20.0. The molecule has 29 heavy (non-hydrogen) atoms. The highest BCUT2D eigenvalue weighted by Crippen LogP contribution is 2.28. The smallest absolute Gasteiger partial charge is 0.246 e. The summed E-state index contributed by atoms with van der Waals surface area (Å²) < 4.78 is 11.1. The van der Waals surface area contributed by atoms with Crippen LogP contribution >= 0.6 is 0 Å². The molecule has 0 unspecified atom stereocenters. The number of carbonyl (C=O) groups is 1. The number of piperazine rings is 1. The highest BCUT2D eigenvalue weighted by Gasteiger charge is 2.22. The van der Waals surface area contributed by atoms with Crippen molar-refractivity contribution < 1.29 is 19.2 Å². The van der Waals surface area contributed by atoms with Gasteiger partial charge in [-0.2, -0.15) is 0 Å². The zero-order chi connectivity index (χ0) is 20.5. The average molecular weight is 397 g/mol. The van der Waals surface area contributed by atoms with E-state index in [0.29, 0.717) is 12.4 Å². The Labute approximate surface area is 172 Å². The minimum Gasteiger partial charge on any atom is -0.493 e. The molecule has 2 heterocycles. The highest BCUT2D eigenvalue weighted by molar-refractivity contribution is 5.91. The molecule has 0 radical (unpaired) electrons. The van der Waals surface area contributed by atoms with Gasteiger partial charge in [-0.15, -0.1) is 0 Å². The van der Waals surface area contributed by atoms with Crippen molar-refractivity contribution in [3.05, 3.63) is 59.9 Å². The van der Waals surface area contributed by atoms with Crippen LogP contribution in [0.15, 0.2) is 48.8 Å². The molecule has 3 rings (SSSR count). The molecule has 1 aliphatic heterocycles. The van der Waals surface area contributed by atoms with E-state index in [-0.39, 0.29) is 5.91 Å². The lowest BCUT2D eigenvalue weighted by Crippen LogP contribution is -3.13. The molecule has 1 aromatic heterocycles. The van der Waals surface area contributed by atoms with Crippen molar-refractivity contribution in [1.29, 1.82) is 0 Å². The zero-order valence-corrected chi connectivity index (χ0v) is 17.3. The summed E-state index contributed by atoms with van der Waals surface area (Å²) in [6.45, 7) is 7.16. The molecule has 0 atom stereocenters. The van der Waals surface area contributed by atoms with E-state index in [4.69, 9.17) is 9.47 Å². The van der Waals surface area contributed by atoms with Gasteiger partial charge < -0.3 is 19.3 Å². The maximum Gasteiger partial charge on any atom is 0.246 e. The molecule has 2 aromatic rings. The molecule has 154 valence electrons. The molecular formula is C23H30N3O3+. The third-order valence-electron chi connectivity index (χ3n) is 5.05. The van der Waals surface area contributed by atoms with Gasteiger partial charge in [0.2, 0.25) is 5.91 Å². The van der Waals surface area contributed by atoms with E-state index < -0.39 is 0 Å². The Kier molecular flexibility index (Phi) is 7.64. The van der Waals surface area contributed by atoms with Gasteiger partial charge >= 0.3 is 0 Å². The largest absolute Gasteiger partial charge is 0.493 e. The Morgan fingerprint density at radius 1 is 1.17 bits per heavy atom. The zero-order valence-electron chi connectivity index (χ0n) is 17.3. The molecule has 0 spiro atoms. The summed E-state index contributed by atoms with van der Waals surface area (Å²) in [6, 6.07) is 9.83. The monoisotopic (exact) mass is 396 g/mol. The van der Waals surface area contributed by atoms with Crippen LogP contribution in [0.3, 0.4) is 0 Å². The Bertz CT molecular complexity index is 815. The molecule has 1 amide bonds. The first-order valence-electron chi connectivity index (χ1n) is 10.2. The Morgan fingerprint density at radius 3 is 2.62 bits per heavy atom. The lowest BCUT2D eigenvalue weighted by atomic mass is 10.1. The van der Waals surface area contributed by atoms with Crippen LogP contribution in [0.4, 0.5) is 0 Å². The molecule has 6 nitrogen and oxygen atoms in total. The molecule has 0 aliphatic carbocycles. The number of quaternary nitrogens is 1. The van der Waals surface area contributed by atoms with Gasteiger partial charge in [-0.1, -0.05) is 13.0 Å². The van der Waals surface area contributed by atoms with E-state index in [2.05, 4.69) is 24.0 Å². The highest BCUT2D eigenvalue weighted by atomic mass is 16.5. The standard InChI is InChI=1S/C23H29N3O3/c1-3-16-29-21-6-4-19(17-22(21)28-2)5-7-23(27)26-14-12-25(13-15-26)18-20-8-10-24-11-9-20/h4-11,17H,3,12-16,18H2,1-2H3/p+1/b7-5+. The number of hydrogen-bond donors (Lipinski definition) is 1. The van der Waals surface area contributed by atoms with E-state index >= 15 is 0 Å². The summed E-state index contributed by atoms with van der Waals surface area (Å²) >= 11 is 0. The van der Waals surface area contributed by atoms with Crippen LogP contribution < -0.4 is 14.4 Å². The molecule has 1 aromatic carbocycles. The minimum atomic E-state index is 0.0539.